The summed E-state index contributed by atoms with van der Waals surface area (Å²) in [5.41, 5.74) is 0. The van der Waals surface area contributed by atoms with Crippen molar-refractivity contribution in [1.29, 1.82) is 0 Å². The number of sulfonamides is 1. The molecule has 2 rings (SSSR count). The van der Waals surface area contributed by atoms with Crippen molar-refractivity contribution in [2.24, 2.45) is 0 Å². The van der Waals surface area contributed by atoms with Crippen LogP contribution in [0.4, 0.5) is 4.79 Å². The number of thioether (sulfide) groups is 1. The number of amides is 2. The highest BCUT2D eigenvalue weighted by Crippen LogP contribution is 2.35. The lowest BCUT2D eigenvalue weighted by atomic mass is 9.95. The van der Waals surface area contributed by atoms with Crippen LogP contribution in [0, 0.1) is 0 Å². The van der Waals surface area contributed by atoms with Gasteiger partial charge in [-0.1, -0.05) is 104 Å². The number of fused-ring (bicyclic) bond motifs is 1. The first-order valence-electron chi connectivity index (χ1n) is 16.5. The minimum absolute atomic E-state index is 0.0827. The first-order chi connectivity index (χ1) is 20.6. The van der Waals surface area contributed by atoms with Crippen LogP contribution in [0.25, 0.3) is 0 Å². The summed E-state index contributed by atoms with van der Waals surface area (Å²) >= 11 is 0.982. The molecule has 0 radical (unpaired) electrons. The number of aliphatic hydroxyl groups excluding tert-OH is 3. The summed E-state index contributed by atoms with van der Waals surface area (Å²) in [6, 6.07) is -1.97. The van der Waals surface area contributed by atoms with Gasteiger partial charge in [-0.05, 0) is 12.8 Å². The van der Waals surface area contributed by atoms with Gasteiger partial charge in [0.25, 0.3) is 0 Å². The predicted octanol–water partition coefficient (Wildman–Crippen LogP) is 3.65. The van der Waals surface area contributed by atoms with Gasteiger partial charge in [0.2, 0.25) is 15.9 Å². The van der Waals surface area contributed by atoms with Crippen LogP contribution in [0.5, 0.6) is 0 Å². The average molecular weight is 652 g/mol. The van der Waals surface area contributed by atoms with E-state index >= 15 is 0 Å². The quantitative estimate of drug-likeness (QED) is 0.0980. The molecule has 0 aromatic heterocycles. The zero-order chi connectivity index (χ0) is 31.7. The zero-order valence-electron chi connectivity index (χ0n) is 26.3. The molecule has 0 spiro atoms. The molecule has 43 heavy (non-hydrogen) atoms. The summed E-state index contributed by atoms with van der Waals surface area (Å²) in [6.45, 7) is 4.63. The van der Waals surface area contributed by atoms with Gasteiger partial charge >= 0.3 is 6.09 Å². The fourth-order valence-electron chi connectivity index (χ4n) is 5.60. The maximum atomic E-state index is 13.2. The van der Waals surface area contributed by atoms with Crippen molar-refractivity contribution in [3.8, 4) is 0 Å². The fraction of sp³-hybridized carbons (Fsp3) is 0.933. The molecule has 5 N–H and O–H groups in total. The van der Waals surface area contributed by atoms with Gasteiger partial charge in [0.1, 0.15) is 36.3 Å². The Kier molecular flexibility index (Phi) is 18.4. The molecule has 0 aliphatic carbocycles. The Morgan fingerprint density at radius 2 is 1.40 bits per heavy atom. The third-order valence-electron chi connectivity index (χ3n) is 8.27. The molecule has 6 atom stereocenters. The van der Waals surface area contributed by atoms with Gasteiger partial charge in [0, 0.05) is 12.3 Å². The standard InChI is InChI=1S/C30H57N3O8S2/c1-3-5-7-9-11-12-13-14-15-17-19-31-28(37)23(32-43(39,40)20-18-16-10-8-6-4-2)22-42-29-27(36)26(35)25(34)24-21-41-30(38)33(24)29/h23-27,29,32,34-36H,3-22H2,1-2H3,(H,31,37)/t23-,24?,25+,26?,27?,29+/m0/s1. The first-order valence-corrected chi connectivity index (χ1v) is 19.2. The molecular weight excluding hydrogens is 594 g/mol. The van der Waals surface area contributed by atoms with E-state index in [4.69, 9.17) is 4.74 Å². The number of carbonyl (C=O) groups excluding carboxylic acids is 2. The van der Waals surface area contributed by atoms with Crippen LogP contribution in [0.2, 0.25) is 0 Å². The highest BCUT2D eigenvalue weighted by molar-refractivity contribution is 8.00. The van der Waals surface area contributed by atoms with Gasteiger partial charge in [0.05, 0.1) is 11.8 Å². The number of rotatable bonds is 24. The number of carbonyl (C=O) groups is 2. The molecule has 0 saturated carbocycles. The second kappa shape index (κ2) is 20.8. The lowest BCUT2D eigenvalue weighted by Crippen LogP contribution is -2.64. The molecule has 2 heterocycles. The van der Waals surface area contributed by atoms with E-state index in [1.807, 2.05) is 0 Å². The lowest BCUT2D eigenvalue weighted by Gasteiger charge is -2.44. The van der Waals surface area contributed by atoms with Crippen LogP contribution in [-0.4, -0.2) is 101 Å². The topological polar surface area (TPSA) is 165 Å². The Morgan fingerprint density at radius 1 is 0.860 bits per heavy atom. The molecule has 2 aliphatic heterocycles. The molecule has 0 bridgehead atoms. The number of unbranched alkanes of at least 4 members (excludes halogenated alkanes) is 14. The Hall–Kier alpha value is -1.12. The number of aliphatic hydroxyl groups is 3. The van der Waals surface area contributed by atoms with E-state index in [1.54, 1.807) is 0 Å². The number of nitrogens with zero attached hydrogens (tertiary/aromatic N) is 1. The fourth-order valence-corrected chi connectivity index (χ4v) is 8.41. The van der Waals surface area contributed by atoms with Crippen LogP contribution >= 0.6 is 11.8 Å². The normalized spacial score (nSPS) is 24.5. The predicted molar refractivity (Wildman–Crippen MR) is 170 cm³/mol. The summed E-state index contributed by atoms with van der Waals surface area (Å²) in [5.74, 6) is -0.647. The van der Waals surface area contributed by atoms with Gasteiger partial charge in [-0.15, -0.1) is 11.8 Å². The maximum absolute atomic E-state index is 13.2. The van der Waals surface area contributed by atoms with E-state index in [0.717, 1.165) is 63.1 Å². The van der Waals surface area contributed by atoms with Crippen molar-refractivity contribution in [2.45, 2.75) is 152 Å². The van der Waals surface area contributed by atoms with Crippen molar-refractivity contribution in [2.75, 3.05) is 24.7 Å². The minimum Gasteiger partial charge on any atom is -0.447 e. The number of hydrogen-bond donors (Lipinski definition) is 5. The van der Waals surface area contributed by atoms with Crippen LogP contribution in [0.15, 0.2) is 0 Å². The van der Waals surface area contributed by atoms with Gasteiger partial charge in [0.15, 0.2) is 0 Å². The number of cyclic esters (lactones) is 1. The molecule has 0 aromatic rings. The lowest BCUT2D eigenvalue weighted by molar-refractivity contribution is -0.125. The first kappa shape index (κ1) is 38.1. The third-order valence-corrected chi connectivity index (χ3v) is 11.1. The summed E-state index contributed by atoms with van der Waals surface area (Å²) in [5, 5.41) is 33.2. The van der Waals surface area contributed by atoms with Crippen molar-refractivity contribution in [3.05, 3.63) is 0 Å². The average Bonchev–Trinajstić information content (AvgIpc) is 3.36. The maximum Gasteiger partial charge on any atom is 0.411 e. The third kappa shape index (κ3) is 13.4. The van der Waals surface area contributed by atoms with Crippen LogP contribution in [-0.2, 0) is 19.6 Å². The summed E-state index contributed by atoms with van der Waals surface area (Å²) in [7, 11) is -3.77. The van der Waals surface area contributed by atoms with E-state index in [0.29, 0.717) is 13.0 Å². The molecule has 3 unspecified atom stereocenters. The molecule has 11 nitrogen and oxygen atoms in total. The van der Waals surface area contributed by atoms with Gasteiger partial charge < -0.3 is 25.4 Å². The van der Waals surface area contributed by atoms with Crippen LogP contribution in [0.1, 0.15) is 117 Å². The molecule has 2 amide bonds. The van der Waals surface area contributed by atoms with Crippen molar-refractivity contribution >= 4 is 33.8 Å². The second-order valence-electron chi connectivity index (χ2n) is 12.0. The Balaban J connectivity index is 1.91. The van der Waals surface area contributed by atoms with E-state index in [1.165, 1.54) is 49.8 Å². The minimum atomic E-state index is -3.77. The summed E-state index contributed by atoms with van der Waals surface area (Å²) < 4.78 is 33.4. The van der Waals surface area contributed by atoms with Crippen molar-refractivity contribution in [3.63, 3.8) is 0 Å². The largest absolute Gasteiger partial charge is 0.447 e. The van der Waals surface area contributed by atoms with Crippen LogP contribution in [0.3, 0.4) is 0 Å². The molecule has 2 aliphatic rings. The molecule has 252 valence electrons. The summed E-state index contributed by atoms with van der Waals surface area (Å²) in [4.78, 5) is 26.7. The number of hydrogen-bond acceptors (Lipinski definition) is 9. The Morgan fingerprint density at radius 3 is 1.98 bits per heavy atom. The van der Waals surface area contributed by atoms with E-state index in [9.17, 15) is 33.3 Å². The van der Waals surface area contributed by atoms with Crippen molar-refractivity contribution in [1.82, 2.24) is 14.9 Å². The van der Waals surface area contributed by atoms with E-state index in [-0.39, 0.29) is 18.1 Å². The smallest absolute Gasteiger partial charge is 0.411 e. The monoisotopic (exact) mass is 651 g/mol. The second-order valence-corrected chi connectivity index (χ2v) is 15.0. The van der Waals surface area contributed by atoms with Crippen LogP contribution < -0.4 is 10.0 Å². The molecule has 0 aromatic carbocycles. The number of ether oxygens (including phenoxy) is 1. The van der Waals surface area contributed by atoms with E-state index < -0.39 is 57.8 Å². The Labute approximate surface area is 263 Å². The molecule has 2 fully saturated rings. The van der Waals surface area contributed by atoms with Gasteiger partial charge in [-0.25, -0.2) is 17.9 Å². The summed E-state index contributed by atoms with van der Waals surface area (Å²) in [6.07, 6.45) is 12.0. The Bertz CT molecular complexity index is 910. The number of piperidine rings is 1. The zero-order valence-corrected chi connectivity index (χ0v) is 27.9. The van der Waals surface area contributed by atoms with Gasteiger partial charge in [-0.2, -0.15) is 0 Å². The highest BCUT2D eigenvalue weighted by atomic mass is 32.2. The highest BCUT2D eigenvalue weighted by Gasteiger charge is 2.54. The SMILES string of the molecule is CCCCCCCCCCCCNC(=O)[C@H](CS[C@@H]1C(O)C(O)[C@H](O)C2COC(=O)N21)NS(=O)(=O)CCCCCCCC. The van der Waals surface area contributed by atoms with Gasteiger partial charge in [-0.3, -0.25) is 9.69 Å². The van der Waals surface area contributed by atoms with E-state index in [2.05, 4.69) is 23.9 Å². The number of nitrogens with one attached hydrogen (secondary N) is 2. The molecule has 13 heteroatoms. The molecular formula is C30H57N3O8S2. The van der Waals surface area contributed by atoms with Crippen molar-refractivity contribution < 1.29 is 38.1 Å². The molecule has 2 saturated heterocycles.